The molecule has 2 aromatic rings. The molecular weight excluding hydrogens is 428 g/mol. The molecule has 4 rings (SSSR count). The van der Waals surface area contributed by atoms with Crippen molar-refractivity contribution in [2.75, 3.05) is 13.1 Å². The average molecular weight is 457 g/mol. The van der Waals surface area contributed by atoms with Gasteiger partial charge in [0.05, 0.1) is 10.6 Å². The highest BCUT2D eigenvalue weighted by Crippen LogP contribution is 2.31. The third kappa shape index (κ3) is 5.12. The van der Waals surface area contributed by atoms with E-state index in [1.54, 1.807) is 29.2 Å². The normalized spacial score (nSPS) is 17.8. The third-order valence-electron chi connectivity index (χ3n) is 5.57. The molecule has 1 fully saturated rings. The van der Waals surface area contributed by atoms with Crippen LogP contribution in [0.3, 0.4) is 0 Å². The van der Waals surface area contributed by atoms with Gasteiger partial charge in [0.1, 0.15) is 18.0 Å². The lowest BCUT2D eigenvalue weighted by Gasteiger charge is -2.33. The van der Waals surface area contributed by atoms with Crippen LogP contribution in [0.15, 0.2) is 46.8 Å². The minimum Gasteiger partial charge on any atom is -0.487 e. The van der Waals surface area contributed by atoms with E-state index < -0.39 is 15.4 Å². The number of likely N-dealkylation sites (tertiary alicyclic amines) is 1. The molecule has 32 heavy (non-hydrogen) atoms. The molecule has 7 nitrogen and oxygen atoms in total. The maximum atomic E-state index is 12.2. The zero-order valence-electron chi connectivity index (χ0n) is 18.6. The number of amides is 1. The first-order chi connectivity index (χ1) is 15.1. The van der Waals surface area contributed by atoms with E-state index in [-0.39, 0.29) is 6.09 Å². The van der Waals surface area contributed by atoms with E-state index in [1.165, 1.54) is 5.41 Å². The summed E-state index contributed by atoms with van der Waals surface area (Å²) < 4.78 is 35.0. The van der Waals surface area contributed by atoms with Gasteiger partial charge in [-0.3, -0.25) is 4.98 Å². The van der Waals surface area contributed by atoms with Crippen LogP contribution in [0, 0.1) is 0 Å². The predicted molar refractivity (Wildman–Crippen MR) is 121 cm³/mol. The number of carbonyl (C=O) groups excluding carboxylic acids is 1. The SMILES string of the molecule is CC(C)(C)OC(=O)N1CCC(c2ccc(COc3ccc4c(c3)C=CS4(=O)=O)nc2)CC1. The van der Waals surface area contributed by atoms with Crippen LogP contribution in [0.1, 0.15) is 56.4 Å². The summed E-state index contributed by atoms with van der Waals surface area (Å²) in [5, 5.41) is 1.21. The molecule has 0 spiro atoms. The fourth-order valence-corrected chi connectivity index (χ4v) is 5.07. The fourth-order valence-electron chi connectivity index (χ4n) is 3.88. The molecule has 0 saturated carbocycles. The van der Waals surface area contributed by atoms with E-state index in [2.05, 4.69) is 11.1 Å². The van der Waals surface area contributed by atoms with Gasteiger partial charge < -0.3 is 14.4 Å². The van der Waals surface area contributed by atoms with Gasteiger partial charge in [0.25, 0.3) is 0 Å². The number of carbonyl (C=O) groups is 1. The summed E-state index contributed by atoms with van der Waals surface area (Å²) in [6.07, 6.45) is 4.97. The third-order valence-corrected chi connectivity index (χ3v) is 7.05. The van der Waals surface area contributed by atoms with Gasteiger partial charge in [0, 0.05) is 24.7 Å². The van der Waals surface area contributed by atoms with Crippen molar-refractivity contribution in [2.24, 2.45) is 0 Å². The van der Waals surface area contributed by atoms with Crippen LogP contribution in [0.5, 0.6) is 5.75 Å². The molecule has 2 aliphatic heterocycles. The van der Waals surface area contributed by atoms with Crippen molar-refractivity contribution in [3.63, 3.8) is 0 Å². The number of hydrogen-bond donors (Lipinski definition) is 0. The molecule has 1 amide bonds. The summed E-state index contributed by atoms with van der Waals surface area (Å²) in [5.74, 6) is 0.965. The Balaban J connectivity index is 1.30. The smallest absolute Gasteiger partial charge is 0.410 e. The van der Waals surface area contributed by atoms with Crippen molar-refractivity contribution in [1.29, 1.82) is 0 Å². The van der Waals surface area contributed by atoms with Crippen LogP contribution in [0.4, 0.5) is 4.79 Å². The Hall–Kier alpha value is -2.87. The van der Waals surface area contributed by atoms with Crippen molar-refractivity contribution in [3.8, 4) is 5.75 Å². The zero-order valence-corrected chi connectivity index (χ0v) is 19.4. The molecular formula is C24H28N2O5S. The Morgan fingerprint density at radius 3 is 2.56 bits per heavy atom. The molecule has 0 radical (unpaired) electrons. The molecule has 0 bridgehead atoms. The lowest BCUT2D eigenvalue weighted by molar-refractivity contribution is 0.0204. The van der Waals surface area contributed by atoms with Crippen LogP contribution in [-0.4, -0.2) is 43.1 Å². The first-order valence-corrected chi connectivity index (χ1v) is 12.3. The number of benzene rings is 1. The number of aromatic nitrogens is 1. The number of pyridine rings is 1. The van der Waals surface area contributed by atoms with E-state index in [9.17, 15) is 13.2 Å². The minimum atomic E-state index is -3.30. The quantitative estimate of drug-likeness (QED) is 0.672. The Morgan fingerprint density at radius 2 is 1.91 bits per heavy atom. The Kier molecular flexibility index (Phi) is 5.99. The number of ether oxygens (including phenoxy) is 2. The maximum Gasteiger partial charge on any atom is 0.410 e. The average Bonchev–Trinajstić information content (AvgIpc) is 3.06. The largest absolute Gasteiger partial charge is 0.487 e. The molecule has 2 aliphatic rings. The summed E-state index contributed by atoms with van der Waals surface area (Å²) >= 11 is 0. The summed E-state index contributed by atoms with van der Waals surface area (Å²) in [5.41, 5.74) is 2.11. The van der Waals surface area contributed by atoms with E-state index in [0.717, 1.165) is 24.1 Å². The van der Waals surface area contributed by atoms with Crippen LogP contribution in [-0.2, 0) is 21.2 Å². The van der Waals surface area contributed by atoms with Crippen LogP contribution in [0.2, 0.25) is 0 Å². The van der Waals surface area contributed by atoms with Gasteiger partial charge in [-0.05, 0) is 81.0 Å². The fraction of sp³-hybridized carbons (Fsp3) is 0.417. The van der Waals surface area contributed by atoms with E-state index in [1.807, 2.05) is 33.0 Å². The number of rotatable bonds is 4. The van der Waals surface area contributed by atoms with Gasteiger partial charge in [0.2, 0.25) is 0 Å². The standard InChI is InChI=1S/C24H28N2O5S/c1-24(2,3)31-23(27)26-11-8-17(9-12-26)19-4-5-20(25-15-19)16-30-21-6-7-22-18(14-21)10-13-32(22,28)29/h4-7,10,13-15,17H,8-9,11-12,16H2,1-3H3. The summed E-state index contributed by atoms with van der Waals surface area (Å²) in [6.45, 7) is 7.27. The first-order valence-electron chi connectivity index (χ1n) is 10.7. The van der Waals surface area contributed by atoms with Crippen molar-refractivity contribution in [2.45, 2.75) is 56.6 Å². The molecule has 0 atom stereocenters. The molecule has 1 aromatic heterocycles. The molecule has 170 valence electrons. The van der Waals surface area contributed by atoms with Crippen LogP contribution in [0.25, 0.3) is 6.08 Å². The summed E-state index contributed by atoms with van der Waals surface area (Å²) in [7, 11) is -3.30. The maximum absolute atomic E-state index is 12.2. The number of fused-ring (bicyclic) bond motifs is 1. The van der Waals surface area contributed by atoms with E-state index in [4.69, 9.17) is 9.47 Å². The number of sulfone groups is 1. The summed E-state index contributed by atoms with van der Waals surface area (Å²) in [4.78, 5) is 18.8. The van der Waals surface area contributed by atoms with Crippen LogP contribution < -0.4 is 4.74 Å². The highest BCUT2D eigenvalue weighted by Gasteiger charge is 2.27. The first kappa shape index (κ1) is 22.3. The zero-order chi connectivity index (χ0) is 22.9. The highest BCUT2D eigenvalue weighted by atomic mass is 32.2. The summed E-state index contributed by atoms with van der Waals surface area (Å²) in [6, 6.07) is 8.98. The molecule has 1 saturated heterocycles. The minimum absolute atomic E-state index is 0.249. The molecule has 0 unspecified atom stereocenters. The van der Waals surface area contributed by atoms with Gasteiger partial charge in [-0.2, -0.15) is 0 Å². The van der Waals surface area contributed by atoms with Gasteiger partial charge in [0.15, 0.2) is 9.84 Å². The van der Waals surface area contributed by atoms with E-state index in [0.29, 0.717) is 41.8 Å². The second kappa shape index (κ2) is 8.58. The molecule has 0 N–H and O–H groups in total. The lowest BCUT2D eigenvalue weighted by Crippen LogP contribution is -2.41. The number of hydrogen-bond acceptors (Lipinski definition) is 6. The Bertz CT molecular complexity index is 1130. The number of piperidine rings is 1. The molecule has 8 heteroatoms. The van der Waals surface area contributed by atoms with Crippen LogP contribution >= 0.6 is 0 Å². The van der Waals surface area contributed by atoms with Gasteiger partial charge in [-0.1, -0.05) is 6.07 Å². The molecule has 1 aromatic carbocycles. The molecule has 3 heterocycles. The Labute approximate surface area is 189 Å². The van der Waals surface area contributed by atoms with Crippen molar-refractivity contribution in [1.82, 2.24) is 9.88 Å². The monoisotopic (exact) mass is 456 g/mol. The van der Waals surface area contributed by atoms with E-state index >= 15 is 0 Å². The van der Waals surface area contributed by atoms with Crippen molar-refractivity contribution >= 4 is 22.0 Å². The van der Waals surface area contributed by atoms with Gasteiger partial charge >= 0.3 is 6.09 Å². The number of nitrogens with zero attached hydrogens (tertiary/aromatic N) is 2. The Morgan fingerprint density at radius 1 is 1.16 bits per heavy atom. The molecule has 0 aliphatic carbocycles. The second-order valence-corrected chi connectivity index (χ2v) is 11.0. The van der Waals surface area contributed by atoms with Gasteiger partial charge in [-0.25, -0.2) is 13.2 Å². The van der Waals surface area contributed by atoms with Crippen molar-refractivity contribution < 1.29 is 22.7 Å². The van der Waals surface area contributed by atoms with Crippen molar-refractivity contribution in [3.05, 3.63) is 58.8 Å². The lowest BCUT2D eigenvalue weighted by atomic mass is 9.90. The van der Waals surface area contributed by atoms with Gasteiger partial charge in [-0.15, -0.1) is 0 Å². The second-order valence-electron chi connectivity index (χ2n) is 9.16. The predicted octanol–water partition coefficient (Wildman–Crippen LogP) is 4.53. The highest BCUT2D eigenvalue weighted by molar-refractivity contribution is 7.94. The topological polar surface area (TPSA) is 85.8 Å².